The number of oxime groups is 1. The van der Waals surface area contributed by atoms with Crippen molar-refractivity contribution in [3.8, 4) is 0 Å². The maximum atomic E-state index is 13.1. The van der Waals surface area contributed by atoms with Crippen LogP contribution in [0.4, 0.5) is 16.8 Å². The number of anilines is 3. The van der Waals surface area contributed by atoms with E-state index in [9.17, 15) is 24.3 Å². The number of fused-ring (bicyclic) bond motifs is 1. The third-order valence-corrected chi connectivity index (χ3v) is 8.69. The summed E-state index contributed by atoms with van der Waals surface area (Å²) in [5, 5.41) is 26.2. The number of amides is 2. The summed E-state index contributed by atoms with van der Waals surface area (Å²) < 4.78 is 1.67. The van der Waals surface area contributed by atoms with E-state index in [2.05, 4.69) is 27.0 Å². The van der Waals surface area contributed by atoms with Crippen molar-refractivity contribution in [3.05, 3.63) is 41.1 Å². The van der Waals surface area contributed by atoms with Crippen molar-refractivity contribution in [2.24, 2.45) is 5.16 Å². The smallest absolute Gasteiger partial charge is 0.352 e. The number of rotatable bonds is 12. The molecule has 2 aliphatic heterocycles. The van der Waals surface area contributed by atoms with Gasteiger partial charge in [-0.15, -0.1) is 23.1 Å². The number of thiazole rings is 1. The summed E-state index contributed by atoms with van der Waals surface area (Å²) >= 11 is 3.49. The van der Waals surface area contributed by atoms with Crippen LogP contribution < -0.4 is 27.1 Å². The van der Waals surface area contributed by atoms with E-state index < -0.39 is 41.8 Å². The van der Waals surface area contributed by atoms with Crippen molar-refractivity contribution in [3.63, 3.8) is 0 Å². The lowest BCUT2D eigenvalue weighted by Crippen LogP contribution is -2.71. The van der Waals surface area contributed by atoms with Gasteiger partial charge in [-0.1, -0.05) is 22.8 Å². The van der Waals surface area contributed by atoms with E-state index in [1.165, 1.54) is 35.0 Å². The fourth-order valence-corrected chi connectivity index (χ4v) is 6.95. The number of nitrogens with two attached hydrogens (primary N) is 3. The van der Waals surface area contributed by atoms with E-state index in [4.69, 9.17) is 27.1 Å². The number of thioether (sulfide) groups is 2. The van der Waals surface area contributed by atoms with Gasteiger partial charge in [0, 0.05) is 16.9 Å². The molecule has 2 amide bonds. The molecule has 2 aromatic rings. The summed E-state index contributed by atoms with van der Waals surface area (Å²) in [4.78, 5) is 63.3. The van der Waals surface area contributed by atoms with Crippen molar-refractivity contribution < 1.29 is 38.8 Å². The summed E-state index contributed by atoms with van der Waals surface area (Å²) in [6.07, 6.45) is 1.63. The lowest BCUT2D eigenvalue weighted by atomic mass is 10.0. The maximum absolute atomic E-state index is 13.1. The van der Waals surface area contributed by atoms with Crippen LogP contribution in [0.5, 0.6) is 0 Å². The molecule has 2 unspecified atom stereocenters. The zero-order chi connectivity index (χ0) is 29.8. The molecule has 4 heterocycles. The topological polar surface area (TPSA) is 253 Å². The molecule has 2 aromatic heterocycles. The summed E-state index contributed by atoms with van der Waals surface area (Å²) in [6, 6.07) is 0.420. The molecule has 0 aliphatic carbocycles. The Labute approximate surface area is 244 Å². The van der Waals surface area contributed by atoms with Crippen LogP contribution in [-0.4, -0.2) is 84.1 Å². The minimum atomic E-state index is -1.32. The summed E-state index contributed by atoms with van der Waals surface area (Å²) in [5.74, 6) is -3.15. The Morgan fingerprint density at radius 1 is 1.32 bits per heavy atom. The fraction of sp³-hybridized carbons (Fsp3) is 0.273. The predicted octanol–water partition coefficient (Wildman–Crippen LogP) is -0.906. The second-order valence-corrected chi connectivity index (χ2v) is 11.3. The van der Waals surface area contributed by atoms with Gasteiger partial charge >= 0.3 is 17.1 Å². The van der Waals surface area contributed by atoms with Gasteiger partial charge in [0.25, 0.3) is 11.8 Å². The Morgan fingerprint density at radius 3 is 2.71 bits per heavy atom. The number of carboxylic acid groups (broad SMARTS) is 2. The number of hydrogen-bond donors (Lipinski definition) is 6. The van der Waals surface area contributed by atoms with Crippen molar-refractivity contribution in [2.75, 3.05) is 35.3 Å². The van der Waals surface area contributed by atoms with Gasteiger partial charge in [-0.05, 0) is 17.3 Å². The molecule has 9 N–H and O–H groups in total. The molecule has 1 saturated heterocycles. The molecule has 0 radical (unpaired) electrons. The number of nitrogens with one attached hydrogen (secondary N) is 1. The number of hydrogen-bond acceptors (Lipinski definition) is 14. The standard InChI is InChI=1S/C22H23N9O7S3/c1-2-3-30-12(24)4-11(23)27-22(30)41-7-9-6-39-19-15(18(35)31(19)16(9)20(36)37)28-17(34)14(29-38-5-13(32)33)10-8-40-21(25)26-10/h2,4,8,15,19H,1,3,5-7H2,(H8,23,24,25,26,28,32,33,34,36,37)/p+1/b29-14-. The third kappa shape index (κ3) is 6.36. The number of aliphatic carboxylic acids is 2. The summed E-state index contributed by atoms with van der Waals surface area (Å²) in [7, 11) is 0. The van der Waals surface area contributed by atoms with Gasteiger partial charge in [-0.2, -0.15) is 0 Å². The number of aromatic nitrogens is 3. The first-order valence-electron chi connectivity index (χ1n) is 11.5. The van der Waals surface area contributed by atoms with Gasteiger partial charge in [0.15, 0.2) is 10.8 Å². The second kappa shape index (κ2) is 12.4. The molecule has 41 heavy (non-hydrogen) atoms. The predicted molar refractivity (Wildman–Crippen MR) is 151 cm³/mol. The van der Waals surface area contributed by atoms with Crippen molar-refractivity contribution in [2.45, 2.75) is 23.1 Å². The van der Waals surface area contributed by atoms with E-state index in [0.29, 0.717) is 23.1 Å². The average molecular weight is 623 g/mol. The van der Waals surface area contributed by atoms with Crippen LogP contribution in [0.2, 0.25) is 0 Å². The second-order valence-electron chi connectivity index (χ2n) is 8.37. The van der Waals surface area contributed by atoms with Gasteiger partial charge in [-0.25, -0.2) is 19.1 Å². The number of nitrogen functional groups attached to an aromatic ring is 3. The molecule has 19 heteroatoms. The van der Waals surface area contributed by atoms with Crippen molar-refractivity contribution in [1.82, 2.24) is 20.2 Å². The molecular weight excluding hydrogens is 598 g/mol. The fourth-order valence-electron chi connectivity index (χ4n) is 3.87. The van der Waals surface area contributed by atoms with Crippen LogP contribution >= 0.6 is 34.9 Å². The van der Waals surface area contributed by atoms with Crippen LogP contribution in [-0.2, 0) is 30.6 Å². The highest BCUT2D eigenvalue weighted by Gasteiger charge is 2.54. The number of β-lactam (4-membered cyclic amide) rings is 1. The Morgan fingerprint density at radius 2 is 2.07 bits per heavy atom. The zero-order valence-corrected chi connectivity index (χ0v) is 23.5. The van der Waals surface area contributed by atoms with Crippen LogP contribution in [0.3, 0.4) is 0 Å². The SMILES string of the molecule is C=CC[n+]1c(N)cc(N)nc1SCC1=C(C(=O)O)N2C(=O)C(NC(=O)/C(=N\OCC(=O)O)c3csc(N)n3)C2SC1. The van der Waals surface area contributed by atoms with Crippen molar-refractivity contribution >= 4 is 81.1 Å². The van der Waals surface area contributed by atoms with E-state index in [1.54, 1.807) is 10.6 Å². The lowest BCUT2D eigenvalue weighted by molar-refractivity contribution is -0.713. The normalized spacial score (nSPS) is 18.4. The molecule has 0 saturated carbocycles. The van der Waals surface area contributed by atoms with E-state index in [1.807, 2.05) is 0 Å². The Balaban J connectivity index is 1.52. The lowest BCUT2D eigenvalue weighted by Gasteiger charge is -2.49. The first kappa shape index (κ1) is 29.6. The Kier molecular flexibility index (Phi) is 8.98. The number of carboxylic acids is 2. The number of carbonyl (C=O) groups is 4. The quantitative estimate of drug-likeness (QED) is 0.0319. The van der Waals surface area contributed by atoms with Gasteiger partial charge in [0.1, 0.15) is 22.8 Å². The summed E-state index contributed by atoms with van der Waals surface area (Å²) in [5.41, 5.74) is 17.4. The van der Waals surface area contributed by atoms with Crippen LogP contribution in [0.25, 0.3) is 0 Å². The van der Waals surface area contributed by atoms with Crippen molar-refractivity contribution in [1.29, 1.82) is 0 Å². The van der Waals surface area contributed by atoms with Gasteiger partial charge in [-0.3, -0.25) is 14.5 Å². The van der Waals surface area contributed by atoms with Gasteiger partial charge < -0.3 is 37.6 Å². The van der Waals surface area contributed by atoms with E-state index in [-0.39, 0.29) is 39.6 Å². The zero-order valence-electron chi connectivity index (χ0n) is 21.1. The Bertz CT molecular complexity index is 1490. The molecule has 4 rings (SSSR count). The largest absolute Gasteiger partial charge is 0.479 e. The highest BCUT2D eigenvalue weighted by molar-refractivity contribution is 8.01. The molecule has 2 aliphatic rings. The monoisotopic (exact) mass is 622 g/mol. The van der Waals surface area contributed by atoms with E-state index >= 15 is 0 Å². The molecule has 0 spiro atoms. The van der Waals surface area contributed by atoms with Crippen LogP contribution in [0.15, 0.2) is 45.7 Å². The van der Waals surface area contributed by atoms with Gasteiger partial charge in [0.2, 0.25) is 18.2 Å². The third-order valence-electron chi connectivity index (χ3n) is 5.61. The molecular formula is C22H24N9O7S3+. The first-order chi connectivity index (χ1) is 19.5. The molecule has 2 atom stereocenters. The highest BCUT2D eigenvalue weighted by atomic mass is 32.2. The van der Waals surface area contributed by atoms with Gasteiger partial charge in [0.05, 0.1) is 12.6 Å². The molecule has 216 valence electrons. The Hall–Kier alpha value is -4.36. The highest BCUT2D eigenvalue weighted by Crippen LogP contribution is 2.41. The average Bonchev–Trinajstić information content (AvgIpc) is 3.34. The van der Waals surface area contributed by atoms with E-state index in [0.717, 1.165) is 16.2 Å². The minimum Gasteiger partial charge on any atom is -0.479 e. The molecule has 1 fully saturated rings. The number of carbonyl (C=O) groups excluding carboxylic acids is 2. The molecule has 0 aromatic carbocycles. The first-order valence-corrected chi connectivity index (χ1v) is 14.5. The van der Waals surface area contributed by atoms with Crippen LogP contribution in [0, 0.1) is 0 Å². The molecule has 16 nitrogen and oxygen atoms in total. The number of nitrogens with zero attached hydrogens (tertiary/aromatic N) is 5. The number of allylic oxidation sites excluding steroid dienone is 1. The molecule has 0 bridgehead atoms. The van der Waals surface area contributed by atoms with Crippen LogP contribution in [0.1, 0.15) is 5.69 Å². The maximum Gasteiger partial charge on any atom is 0.352 e. The minimum absolute atomic E-state index is 0.0187. The summed E-state index contributed by atoms with van der Waals surface area (Å²) in [6.45, 7) is 3.24.